The summed E-state index contributed by atoms with van der Waals surface area (Å²) in [5.41, 5.74) is 0.506. The molecule has 0 unspecified atom stereocenters. The third kappa shape index (κ3) is 1.53. The van der Waals surface area contributed by atoms with Crippen molar-refractivity contribution in [1.29, 1.82) is 0 Å². The summed E-state index contributed by atoms with van der Waals surface area (Å²) in [5.74, 6) is 1.56. The molecule has 0 bridgehead atoms. The van der Waals surface area contributed by atoms with Gasteiger partial charge in [0.1, 0.15) is 5.78 Å². The first-order valence-corrected chi connectivity index (χ1v) is 5.64. The maximum Gasteiger partial charge on any atom is 0.136 e. The van der Waals surface area contributed by atoms with Crippen LogP contribution < -0.4 is 0 Å². The van der Waals surface area contributed by atoms with Crippen molar-refractivity contribution in [1.82, 2.24) is 0 Å². The molecule has 74 valence electrons. The van der Waals surface area contributed by atoms with Gasteiger partial charge in [0.15, 0.2) is 0 Å². The molecule has 0 heterocycles. The van der Waals surface area contributed by atoms with Gasteiger partial charge in [-0.15, -0.1) is 0 Å². The largest absolute Gasteiger partial charge is 0.299 e. The maximum atomic E-state index is 11.6. The van der Waals surface area contributed by atoms with Gasteiger partial charge in [0.05, 0.1) is 0 Å². The zero-order valence-corrected chi connectivity index (χ0v) is 8.81. The Morgan fingerprint density at radius 2 is 2.15 bits per heavy atom. The number of Topliss-reactive ketones (excluding diaryl/α,β-unsaturated/α-hetero) is 1. The third-order valence-electron chi connectivity index (χ3n) is 4.31. The molecule has 0 aliphatic heterocycles. The van der Waals surface area contributed by atoms with Crippen molar-refractivity contribution in [2.45, 2.75) is 52.4 Å². The molecular formula is C12H20O. The van der Waals surface area contributed by atoms with Crippen LogP contribution in [-0.4, -0.2) is 5.78 Å². The van der Waals surface area contributed by atoms with Crippen molar-refractivity contribution in [3.63, 3.8) is 0 Å². The fourth-order valence-corrected chi connectivity index (χ4v) is 3.35. The predicted octanol–water partition coefficient (Wildman–Crippen LogP) is 3.18. The van der Waals surface area contributed by atoms with Crippen molar-refractivity contribution in [2.24, 2.45) is 17.3 Å². The topological polar surface area (TPSA) is 17.1 Å². The van der Waals surface area contributed by atoms with E-state index in [1.807, 2.05) is 0 Å². The molecule has 1 heteroatoms. The van der Waals surface area contributed by atoms with Crippen LogP contribution in [0.1, 0.15) is 52.4 Å². The highest BCUT2D eigenvalue weighted by Crippen LogP contribution is 2.50. The maximum absolute atomic E-state index is 11.6. The molecule has 1 nitrogen and oxygen atoms in total. The van der Waals surface area contributed by atoms with Crippen molar-refractivity contribution in [2.75, 3.05) is 0 Å². The lowest BCUT2D eigenvalue weighted by Gasteiger charge is -2.46. The summed E-state index contributed by atoms with van der Waals surface area (Å²) >= 11 is 0. The minimum Gasteiger partial charge on any atom is -0.299 e. The van der Waals surface area contributed by atoms with Crippen molar-refractivity contribution >= 4 is 5.78 Å². The minimum atomic E-state index is 0.333. The van der Waals surface area contributed by atoms with Crippen LogP contribution in [-0.2, 0) is 4.79 Å². The Hall–Kier alpha value is -0.330. The van der Waals surface area contributed by atoms with E-state index in [-0.39, 0.29) is 0 Å². The fraction of sp³-hybridized carbons (Fsp3) is 0.917. The van der Waals surface area contributed by atoms with Gasteiger partial charge in [-0.3, -0.25) is 4.79 Å². The average molecular weight is 180 g/mol. The Morgan fingerprint density at radius 1 is 1.38 bits per heavy atom. The number of rotatable bonds is 0. The lowest BCUT2D eigenvalue weighted by molar-refractivity contribution is -0.131. The van der Waals surface area contributed by atoms with Gasteiger partial charge in [-0.25, -0.2) is 0 Å². The minimum absolute atomic E-state index is 0.333. The van der Waals surface area contributed by atoms with Gasteiger partial charge in [-0.05, 0) is 30.6 Å². The van der Waals surface area contributed by atoms with E-state index in [9.17, 15) is 4.79 Å². The van der Waals surface area contributed by atoms with E-state index in [1.165, 1.54) is 25.7 Å². The highest BCUT2D eigenvalue weighted by atomic mass is 16.1. The third-order valence-corrected chi connectivity index (χ3v) is 4.31. The Labute approximate surface area is 80.9 Å². The Balaban J connectivity index is 2.15. The Morgan fingerprint density at radius 3 is 2.92 bits per heavy atom. The number of ketones is 1. The second-order valence-corrected chi connectivity index (χ2v) is 5.37. The Bertz CT molecular complexity index is 221. The molecule has 0 saturated heterocycles. The van der Waals surface area contributed by atoms with Crippen molar-refractivity contribution < 1.29 is 4.79 Å². The number of fused-ring (bicyclic) bond motifs is 1. The first kappa shape index (κ1) is 9.23. The zero-order chi connectivity index (χ0) is 9.47. The SMILES string of the molecule is C[C@@H]1C[C@]2(C)CCCC[C@H]2CC1=O. The number of hydrogen-bond donors (Lipinski definition) is 0. The van der Waals surface area contributed by atoms with Crippen LogP contribution in [0.25, 0.3) is 0 Å². The second kappa shape index (κ2) is 3.11. The zero-order valence-electron chi connectivity index (χ0n) is 8.81. The van der Waals surface area contributed by atoms with E-state index in [0.29, 0.717) is 23.0 Å². The lowest BCUT2D eigenvalue weighted by Crippen LogP contribution is -2.40. The van der Waals surface area contributed by atoms with Gasteiger partial charge in [0.25, 0.3) is 0 Å². The molecule has 0 aromatic rings. The smallest absolute Gasteiger partial charge is 0.136 e. The number of hydrogen-bond acceptors (Lipinski definition) is 1. The molecule has 0 aromatic heterocycles. The molecule has 2 saturated carbocycles. The standard InChI is InChI=1S/C12H20O/c1-9-8-12(2)6-4-3-5-10(12)7-11(9)13/h9-10H,3-8H2,1-2H3/t9-,10+,12+/m1/s1. The van der Waals surface area contributed by atoms with Crippen molar-refractivity contribution in [3.05, 3.63) is 0 Å². The quantitative estimate of drug-likeness (QED) is 0.559. The van der Waals surface area contributed by atoms with Gasteiger partial charge in [-0.1, -0.05) is 26.7 Å². The van der Waals surface area contributed by atoms with Crippen LogP contribution in [0.15, 0.2) is 0 Å². The molecule has 2 fully saturated rings. The molecule has 0 spiro atoms. The van der Waals surface area contributed by atoms with Crippen molar-refractivity contribution in [3.8, 4) is 0 Å². The van der Waals surface area contributed by atoms with Gasteiger partial charge in [-0.2, -0.15) is 0 Å². The predicted molar refractivity (Wildman–Crippen MR) is 53.5 cm³/mol. The highest BCUT2D eigenvalue weighted by Gasteiger charge is 2.43. The summed E-state index contributed by atoms with van der Waals surface area (Å²) in [4.78, 5) is 11.6. The fourth-order valence-electron chi connectivity index (χ4n) is 3.35. The molecule has 13 heavy (non-hydrogen) atoms. The summed E-state index contributed by atoms with van der Waals surface area (Å²) < 4.78 is 0. The number of carbonyl (C=O) groups is 1. The first-order valence-electron chi connectivity index (χ1n) is 5.64. The van der Waals surface area contributed by atoms with E-state index >= 15 is 0 Å². The molecule has 0 N–H and O–H groups in total. The van der Waals surface area contributed by atoms with Gasteiger partial charge >= 0.3 is 0 Å². The summed E-state index contributed by atoms with van der Waals surface area (Å²) in [6.07, 6.45) is 7.41. The van der Waals surface area contributed by atoms with Crippen LogP contribution in [0.5, 0.6) is 0 Å². The highest BCUT2D eigenvalue weighted by molar-refractivity contribution is 5.81. The van der Waals surface area contributed by atoms with Crippen LogP contribution in [0.2, 0.25) is 0 Å². The van der Waals surface area contributed by atoms with Gasteiger partial charge in [0.2, 0.25) is 0 Å². The van der Waals surface area contributed by atoms with Crippen LogP contribution >= 0.6 is 0 Å². The Kier molecular flexibility index (Phi) is 2.21. The van der Waals surface area contributed by atoms with E-state index < -0.39 is 0 Å². The molecule has 0 amide bonds. The molecule has 0 radical (unpaired) electrons. The van der Waals surface area contributed by atoms with E-state index in [0.717, 1.165) is 12.8 Å². The summed E-state index contributed by atoms with van der Waals surface area (Å²) in [6, 6.07) is 0. The first-order chi connectivity index (χ1) is 6.12. The monoisotopic (exact) mass is 180 g/mol. The molecule has 2 aliphatic rings. The van der Waals surface area contributed by atoms with Gasteiger partial charge < -0.3 is 0 Å². The van der Waals surface area contributed by atoms with E-state index in [1.54, 1.807) is 0 Å². The molecule has 0 aromatic carbocycles. The summed E-state index contributed by atoms with van der Waals surface area (Å²) in [5, 5.41) is 0. The second-order valence-electron chi connectivity index (χ2n) is 5.37. The van der Waals surface area contributed by atoms with Crippen LogP contribution in [0, 0.1) is 17.3 Å². The van der Waals surface area contributed by atoms with Gasteiger partial charge in [0, 0.05) is 12.3 Å². The molecule has 2 rings (SSSR count). The normalized spacial score (nSPS) is 45.8. The van der Waals surface area contributed by atoms with E-state index in [2.05, 4.69) is 13.8 Å². The van der Waals surface area contributed by atoms with E-state index in [4.69, 9.17) is 0 Å². The molecular weight excluding hydrogens is 160 g/mol. The number of carbonyl (C=O) groups excluding carboxylic acids is 1. The summed E-state index contributed by atoms with van der Waals surface area (Å²) in [7, 11) is 0. The molecule has 2 aliphatic carbocycles. The van der Waals surface area contributed by atoms with Crippen LogP contribution in [0.4, 0.5) is 0 Å². The molecule has 3 atom stereocenters. The van der Waals surface area contributed by atoms with Crippen LogP contribution in [0.3, 0.4) is 0 Å². The lowest BCUT2D eigenvalue weighted by atomic mass is 9.58. The average Bonchev–Trinajstić information content (AvgIpc) is 2.07. The summed E-state index contributed by atoms with van der Waals surface area (Å²) in [6.45, 7) is 4.51.